The Kier molecular flexibility index (Phi) is 6.23. The second-order valence-electron chi connectivity index (χ2n) is 6.45. The molecule has 1 amide bonds. The number of nitrogens with one attached hydrogen (secondary N) is 2. The number of benzene rings is 3. The number of hydrogen-bond acceptors (Lipinski definition) is 3. The third-order valence-corrected chi connectivity index (χ3v) is 5.87. The maximum absolute atomic E-state index is 12.7. The fourth-order valence-corrected chi connectivity index (χ4v) is 4.07. The summed E-state index contributed by atoms with van der Waals surface area (Å²) < 4.78 is 28.1. The first-order valence-electron chi connectivity index (χ1n) is 8.95. The fraction of sp³-hybridized carbons (Fsp3) is 0.136. The van der Waals surface area contributed by atoms with Gasteiger partial charge in [-0.3, -0.25) is 4.79 Å². The Morgan fingerprint density at radius 3 is 2.21 bits per heavy atom. The van der Waals surface area contributed by atoms with Crippen molar-refractivity contribution in [1.29, 1.82) is 0 Å². The molecule has 0 aliphatic rings. The molecule has 0 saturated heterocycles. The molecule has 28 heavy (non-hydrogen) atoms. The van der Waals surface area contributed by atoms with Gasteiger partial charge in [-0.15, -0.1) is 0 Å². The Morgan fingerprint density at radius 1 is 0.893 bits per heavy atom. The van der Waals surface area contributed by atoms with Gasteiger partial charge < -0.3 is 5.32 Å². The third kappa shape index (κ3) is 5.06. The minimum absolute atomic E-state index is 0.0580. The molecule has 144 valence electrons. The number of sulfonamides is 1. The Balaban J connectivity index is 1.71. The molecule has 0 fully saturated rings. The lowest BCUT2D eigenvalue weighted by Gasteiger charge is -2.15. The maximum Gasteiger partial charge on any atom is 0.251 e. The second kappa shape index (κ2) is 8.82. The van der Waals surface area contributed by atoms with E-state index in [1.807, 2.05) is 60.7 Å². The molecule has 3 rings (SSSR count). The zero-order valence-corrected chi connectivity index (χ0v) is 16.3. The lowest BCUT2D eigenvalue weighted by molar-refractivity contribution is 0.0950. The first kappa shape index (κ1) is 19.8. The van der Waals surface area contributed by atoms with Crippen molar-refractivity contribution in [1.82, 2.24) is 10.0 Å². The average Bonchev–Trinajstić information content (AvgIpc) is 2.73. The molecule has 3 aromatic carbocycles. The minimum Gasteiger partial charge on any atom is -0.348 e. The molecular weight excluding hydrogens is 372 g/mol. The number of carbonyl (C=O) groups excluding carboxylic acids is 1. The van der Waals surface area contributed by atoms with Crippen molar-refractivity contribution in [2.24, 2.45) is 0 Å². The van der Waals surface area contributed by atoms with Crippen molar-refractivity contribution < 1.29 is 13.2 Å². The van der Waals surface area contributed by atoms with E-state index in [9.17, 15) is 13.2 Å². The van der Waals surface area contributed by atoms with E-state index in [0.29, 0.717) is 12.1 Å². The second-order valence-corrected chi connectivity index (χ2v) is 8.16. The van der Waals surface area contributed by atoms with Crippen molar-refractivity contribution in [3.05, 3.63) is 102 Å². The van der Waals surface area contributed by atoms with Gasteiger partial charge in [0.15, 0.2) is 0 Å². The van der Waals surface area contributed by atoms with E-state index in [2.05, 4.69) is 10.0 Å². The van der Waals surface area contributed by atoms with Gasteiger partial charge >= 0.3 is 0 Å². The van der Waals surface area contributed by atoms with Crippen molar-refractivity contribution in [3.63, 3.8) is 0 Å². The predicted molar refractivity (Wildman–Crippen MR) is 109 cm³/mol. The molecule has 0 aliphatic carbocycles. The van der Waals surface area contributed by atoms with Crippen molar-refractivity contribution >= 4 is 15.9 Å². The summed E-state index contributed by atoms with van der Waals surface area (Å²) in [6, 6.07) is 24.5. The number of rotatable bonds is 7. The highest BCUT2D eigenvalue weighted by Gasteiger charge is 2.19. The highest BCUT2D eigenvalue weighted by atomic mass is 32.2. The standard InChI is InChI=1S/C22H22N2O3S/c1-17(19-11-6-3-7-12-19)24-28(26,27)21-14-8-13-20(15-21)22(25)23-16-18-9-4-2-5-10-18/h2-15,17,24H,16H2,1H3,(H,23,25). The van der Waals surface area contributed by atoms with E-state index >= 15 is 0 Å². The minimum atomic E-state index is -3.76. The molecule has 2 N–H and O–H groups in total. The molecule has 0 bridgehead atoms. The third-order valence-electron chi connectivity index (χ3n) is 4.33. The van der Waals surface area contributed by atoms with E-state index in [4.69, 9.17) is 0 Å². The number of amides is 1. The van der Waals surface area contributed by atoms with Crippen LogP contribution >= 0.6 is 0 Å². The molecule has 3 aromatic rings. The van der Waals surface area contributed by atoms with E-state index in [1.54, 1.807) is 19.1 Å². The van der Waals surface area contributed by atoms with Gasteiger partial charge in [-0.1, -0.05) is 66.7 Å². The van der Waals surface area contributed by atoms with Crippen LogP contribution in [0.4, 0.5) is 0 Å². The van der Waals surface area contributed by atoms with E-state index in [0.717, 1.165) is 11.1 Å². The lowest BCUT2D eigenvalue weighted by Crippen LogP contribution is -2.27. The van der Waals surface area contributed by atoms with Crippen LogP contribution in [0, 0.1) is 0 Å². The summed E-state index contributed by atoms with van der Waals surface area (Å²) in [7, 11) is -3.76. The van der Waals surface area contributed by atoms with Gasteiger partial charge in [0.1, 0.15) is 0 Å². The predicted octanol–water partition coefficient (Wildman–Crippen LogP) is 3.66. The topological polar surface area (TPSA) is 75.3 Å². The lowest BCUT2D eigenvalue weighted by atomic mass is 10.1. The molecule has 1 unspecified atom stereocenters. The van der Waals surface area contributed by atoms with E-state index in [1.165, 1.54) is 12.1 Å². The Labute approximate surface area is 165 Å². The van der Waals surface area contributed by atoms with Gasteiger partial charge in [-0.05, 0) is 36.2 Å². The quantitative estimate of drug-likeness (QED) is 0.642. The monoisotopic (exact) mass is 394 g/mol. The van der Waals surface area contributed by atoms with Crippen molar-refractivity contribution in [2.75, 3.05) is 0 Å². The zero-order chi connectivity index (χ0) is 20.0. The Morgan fingerprint density at radius 2 is 1.54 bits per heavy atom. The highest BCUT2D eigenvalue weighted by molar-refractivity contribution is 7.89. The van der Waals surface area contributed by atoms with Gasteiger partial charge in [0.25, 0.3) is 5.91 Å². The van der Waals surface area contributed by atoms with Crippen LogP contribution in [-0.2, 0) is 16.6 Å². The first-order chi connectivity index (χ1) is 13.5. The largest absolute Gasteiger partial charge is 0.348 e. The van der Waals surface area contributed by atoms with Crippen LogP contribution in [0.1, 0.15) is 34.5 Å². The highest BCUT2D eigenvalue weighted by Crippen LogP contribution is 2.17. The summed E-state index contributed by atoms with van der Waals surface area (Å²) >= 11 is 0. The Hall–Kier alpha value is -2.96. The van der Waals surface area contributed by atoms with Crippen molar-refractivity contribution in [3.8, 4) is 0 Å². The van der Waals surface area contributed by atoms with E-state index in [-0.39, 0.29) is 16.8 Å². The van der Waals surface area contributed by atoms with Gasteiger partial charge in [0, 0.05) is 18.2 Å². The molecule has 0 saturated carbocycles. The van der Waals surface area contributed by atoms with Gasteiger partial charge in [-0.2, -0.15) is 0 Å². The van der Waals surface area contributed by atoms with Crippen LogP contribution in [0.3, 0.4) is 0 Å². The molecule has 0 radical (unpaired) electrons. The Bertz CT molecular complexity index is 1040. The molecule has 0 heterocycles. The summed E-state index contributed by atoms with van der Waals surface area (Å²) in [5.74, 6) is -0.322. The SMILES string of the molecule is CC(NS(=O)(=O)c1cccc(C(=O)NCc2ccccc2)c1)c1ccccc1. The average molecular weight is 394 g/mol. The summed E-state index contributed by atoms with van der Waals surface area (Å²) in [5.41, 5.74) is 2.13. The van der Waals surface area contributed by atoms with Crippen LogP contribution in [0.15, 0.2) is 89.8 Å². The summed E-state index contributed by atoms with van der Waals surface area (Å²) in [5, 5.41) is 2.81. The van der Waals surface area contributed by atoms with Crippen LogP contribution in [0.2, 0.25) is 0 Å². The number of hydrogen-bond donors (Lipinski definition) is 2. The van der Waals surface area contributed by atoms with Gasteiger partial charge in [0.2, 0.25) is 10.0 Å². The van der Waals surface area contributed by atoms with Crippen LogP contribution in [0.5, 0.6) is 0 Å². The molecular formula is C22H22N2O3S. The molecule has 6 heteroatoms. The molecule has 1 atom stereocenters. The van der Waals surface area contributed by atoms with E-state index < -0.39 is 10.0 Å². The van der Waals surface area contributed by atoms with Gasteiger partial charge in [0.05, 0.1) is 4.90 Å². The van der Waals surface area contributed by atoms with Gasteiger partial charge in [-0.25, -0.2) is 13.1 Å². The van der Waals surface area contributed by atoms with Crippen molar-refractivity contribution in [2.45, 2.75) is 24.4 Å². The fourth-order valence-electron chi connectivity index (χ4n) is 2.80. The molecule has 0 spiro atoms. The zero-order valence-electron chi connectivity index (χ0n) is 15.5. The summed E-state index contributed by atoms with van der Waals surface area (Å²) in [6.07, 6.45) is 0. The smallest absolute Gasteiger partial charge is 0.251 e. The number of carbonyl (C=O) groups is 1. The summed E-state index contributed by atoms with van der Waals surface area (Å²) in [6.45, 7) is 2.16. The molecule has 0 aromatic heterocycles. The first-order valence-corrected chi connectivity index (χ1v) is 10.4. The molecule has 5 nitrogen and oxygen atoms in total. The van der Waals surface area contributed by atoms with Crippen LogP contribution in [0.25, 0.3) is 0 Å². The maximum atomic E-state index is 12.7. The summed E-state index contributed by atoms with van der Waals surface area (Å²) in [4.78, 5) is 12.5. The molecule has 0 aliphatic heterocycles. The van der Waals surface area contributed by atoms with Crippen LogP contribution in [-0.4, -0.2) is 14.3 Å². The van der Waals surface area contributed by atoms with Crippen LogP contribution < -0.4 is 10.0 Å². The normalized spacial score (nSPS) is 12.3.